The lowest BCUT2D eigenvalue weighted by atomic mass is 9.97. The molecule has 0 radical (unpaired) electrons. The first-order valence-electron chi connectivity index (χ1n) is 11.7. The number of aryl methyl sites for hydroxylation is 3. The van der Waals surface area contributed by atoms with E-state index < -0.39 is 0 Å². The van der Waals surface area contributed by atoms with Crippen LogP contribution in [0.15, 0.2) is 64.8 Å². The van der Waals surface area contributed by atoms with Crippen molar-refractivity contribution in [3.63, 3.8) is 0 Å². The molecule has 0 aliphatic heterocycles. The van der Waals surface area contributed by atoms with E-state index in [0.717, 1.165) is 53.0 Å². The van der Waals surface area contributed by atoms with Gasteiger partial charge < -0.3 is 4.74 Å². The summed E-state index contributed by atoms with van der Waals surface area (Å²) in [5.41, 5.74) is 6.60. The van der Waals surface area contributed by atoms with Gasteiger partial charge in [0.15, 0.2) is 0 Å². The Morgan fingerprint density at radius 1 is 1.14 bits per heavy atom. The Morgan fingerprint density at radius 2 is 1.91 bits per heavy atom. The number of hydrogen-bond acceptors (Lipinski definition) is 6. The number of benzene rings is 2. The highest BCUT2D eigenvalue weighted by atomic mass is 32.1. The summed E-state index contributed by atoms with van der Waals surface area (Å²) < 4.78 is 7.17. The predicted molar refractivity (Wildman–Crippen MR) is 138 cm³/mol. The fourth-order valence-electron chi connectivity index (χ4n) is 4.16. The molecule has 0 unspecified atom stereocenters. The van der Waals surface area contributed by atoms with Gasteiger partial charge in [-0.1, -0.05) is 29.8 Å². The molecular formula is C27H26N4O3S. The maximum atomic E-state index is 13.0. The third-order valence-corrected chi connectivity index (χ3v) is 7.26. The molecule has 1 amide bonds. The molecule has 7 nitrogen and oxygen atoms in total. The SMILES string of the molecule is Cc1ccc(COc2ccc(C=NNC(=O)Cn3cnc4sc5c(c4c3=O)CCCC5)cc2)cc1. The van der Waals surface area contributed by atoms with Crippen molar-refractivity contribution in [1.82, 2.24) is 15.0 Å². The van der Waals surface area contributed by atoms with Crippen LogP contribution >= 0.6 is 11.3 Å². The van der Waals surface area contributed by atoms with Crippen LogP contribution in [0.2, 0.25) is 0 Å². The number of carbonyl (C=O) groups is 1. The average Bonchev–Trinajstić information content (AvgIpc) is 3.26. The van der Waals surface area contributed by atoms with E-state index in [2.05, 4.69) is 46.7 Å². The number of nitrogens with zero attached hydrogens (tertiary/aromatic N) is 3. The number of carbonyl (C=O) groups excluding carboxylic acids is 1. The molecule has 0 spiro atoms. The van der Waals surface area contributed by atoms with E-state index in [0.29, 0.717) is 12.0 Å². The lowest BCUT2D eigenvalue weighted by Gasteiger charge is -2.10. The molecule has 0 saturated heterocycles. The minimum atomic E-state index is -0.383. The number of nitrogens with one attached hydrogen (secondary N) is 1. The Hall–Kier alpha value is -3.78. The van der Waals surface area contributed by atoms with Crippen molar-refractivity contribution in [2.75, 3.05) is 0 Å². The lowest BCUT2D eigenvalue weighted by Crippen LogP contribution is -2.30. The van der Waals surface area contributed by atoms with Crippen LogP contribution < -0.4 is 15.7 Å². The first-order chi connectivity index (χ1) is 17.1. The second-order valence-corrected chi connectivity index (χ2v) is 9.79. The van der Waals surface area contributed by atoms with Crippen LogP contribution in [0.25, 0.3) is 10.2 Å². The van der Waals surface area contributed by atoms with E-state index in [4.69, 9.17) is 4.74 Å². The van der Waals surface area contributed by atoms with Gasteiger partial charge in [0.05, 0.1) is 17.9 Å². The zero-order valence-electron chi connectivity index (χ0n) is 19.5. The Bertz CT molecular complexity index is 1440. The molecule has 0 bridgehead atoms. The topological polar surface area (TPSA) is 85.6 Å². The van der Waals surface area contributed by atoms with Crippen LogP contribution in [0, 0.1) is 6.92 Å². The largest absolute Gasteiger partial charge is 0.489 e. The molecule has 0 fully saturated rings. The van der Waals surface area contributed by atoms with Gasteiger partial charge in [-0.15, -0.1) is 11.3 Å². The van der Waals surface area contributed by atoms with Gasteiger partial charge in [-0.2, -0.15) is 5.10 Å². The smallest absolute Gasteiger partial charge is 0.262 e. The lowest BCUT2D eigenvalue weighted by molar-refractivity contribution is -0.121. The van der Waals surface area contributed by atoms with Crippen molar-refractivity contribution in [3.05, 3.63) is 92.3 Å². The van der Waals surface area contributed by atoms with Crippen LogP contribution in [-0.4, -0.2) is 21.7 Å². The van der Waals surface area contributed by atoms with Gasteiger partial charge in [0.2, 0.25) is 0 Å². The third-order valence-electron chi connectivity index (χ3n) is 6.06. The maximum absolute atomic E-state index is 13.0. The summed E-state index contributed by atoms with van der Waals surface area (Å²) in [6.45, 7) is 2.42. The summed E-state index contributed by atoms with van der Waals surface area (Å²) in [6.07, 6.45) is 7.15. The predicted octanol–water partition coefficient (Wildman–Crippen LogP) is 4.37. The summed E-state index contributed by atoms with van der Waals surface area (Å²) in [6, 6.07) is 15.7. The first kappa shape index (κ1) is 23.0. The van der Waals surface area contributed by atoms with Crippen molar-refractivity contribution in [1.29, 1.82) is 0 Å². The fourth-order valence-corrected chi connectivity index (χ4v) is 5.38. The molecule has 35 heavy (non-hydrogen) atoms. The van der Waals surface area contributed by atoms with Crippen molar-refractivity contribution >= 4 is 33.7 Å². The highest BCUT2D eigenvalue weighted by Crippen LogP contribution is 2.33. The number of rotatable bonds is 7. The van der Waals surface area contributed by atoms with Crippen LogP contribution in [0.1, 0.15) is 40.0 Å². The summed E-state index contributed by atoms with van der Waals surface area (Å²) in [4.78, 5) is 31.8. The quantitative estimate of drug-likeness (QED) is 0.310. The van der Waals surface area contributed by atoms with Crippen molar-refractivity contribution in [3.8, 4) is 5.75 Å². The number of hydrazone groups is 1. The van der Waals surface area contributed by atoms with Gasteiger partial charge in [-0.25, -0.2) is 10.4 Å². The molecule has 2 heterocycles. The molecule has 2 aromatic carbocycles. The zero-order chi connectivity index (χ0) is 24.2. The van der Waals surface area contributed by atoms with E-state index in [1.165, 1.54) is 21.3 Å². The highest BCUT2D eigenvalue weighted by molar-refractivity contribution is 7.18. The molecule has 178 valence electrons. The van der Waals surface area contributed by atoms with Crippen LogP contribution in [0.4, 0.5) is 0 Å². The summed E-state index contributed by atoms with van der Waals surface area (Å²) in [5.74, 6) is 0.372. The molecule has 5 rings (SSSR count). The van der Waals surface area contributed by atoms with Gasteiger partial charge in [0.1, 0.15) is 23.7 Å². The number of thiophene rings is 1. The maximum Gasteiger partial charge on any atom is 0.262 e. The van der Waals surface area contributed by atoms with Crippen molar-refractivity contribution < 1.29 is 9.53 Å². The first-order valence-corrected chi connectivity index (χ1v) is 12.5. The minimum absolute atomic E-state index is 0.129. The van der Waals surface area contributed by atoms with Crippen LogP contribution in [-0.2, 0) is 30.8 Å². The van der Waals surface area contributed by atoms with Gasteiger partial charge in [-0.3, -0.25) is 14.2 Å². The van der Waals surface area contributed by atoms with E-state index in [1.54, 1.807) is 17.6 Å². The van der Waals surface area contributed by atoms with E-state index >= 15 is 0 Å². The Morgan fingerprint density at radius 3 is 2.71 bits per heavy atom. The Kier molecular flexibility index (Phi) is 6.72. The molecule has 2 aromatic heterocycles. The summed E-state index contributed by atoms with van der Waals surface area (Å²) >= 11 is 1.60. The van der Waals surface area contributed by atoms with Gasteiger partial charge >= 0.3 is 0 Å². The van der Waals surface area contributed by atoms with Gasteiger partial charge in [-0.05, 0) is 73.6 Å². The normalized spacial score (nSPS) is 13.2. The van der Waals surface area contributed by atoms with Crippen LogP contribution in [0.3, 0.4) is 0 Å². The second-order valence-electron chi connectivity index (χ2n) is 8.71. The number of ether oxygens (including phenoxy) is 1. The molecular weight excluding hydrogens is 460 g/mol. The monoisotopic (exact) mass is 486 g/mol. The summed E-state index contributed by atoms with van der Waals surface area (Å²) in [7, 11) is 0. The Labute approximate surface area is 207 Å². The van der Waals surface area contributed by atoms with Gasteiger partial charge in [0, 0.05) is 4.88 Å². The fraction of sp³-hybridized carbons (Fsp3) is 0.259. The third kappa shape index (κ3) is 5.33. The molecule has 0 atom stereocenters. The Balaban J connectivity index is 1.16. The minimum Gasteiger partial charge on any atom is -0.489 e. The average molecular weight is 487 g/mol. The van der Waals surface area contributed by atoms with E-state index in [1.807, 2.05) is 24.3 Å². The number of fused-ring (bicyclic) bond motifs is 3. The van der Waals surface area contributed by atoms with E-state index in [9.17, 15) is 9.59 Å². The summed E-state index contributed by atoms with van der Waals surface area (Å²) in [5, 5.41) is 4.70. The molecule has 4 aromatic rings. The molecule has 8 heteroatoms. The molecule has 0 saturated carbocycles. The van der Waals surface area contributed by atoms with Crippen molar-refractivity contribution in [2.24, 2.45) is 5.10 Å². The number of aromatic nitrogens is 2. The molecule has 1 aliphatic rings. The number of hydrogen-bond donors (Lipinski definition) is 1. The van der Waals surface area contributed by atoms with Crippen LogP contribution in [0.5, 0.6) is 5.75 Å². The van der Waals surface area contributed by atoms with Gasteiger partial charge in [0.25, 0.3) is 11.5 Å². The zero-order valence-corrected chi connectivity index (χ0v) is 20.3. The standard InChI is InChI=1S/C27H26N4O3S/c1-18-6-8-20(9-7-18)16-34-21-12-10-19(11-13-21)14-29-30-24(32)15-31-17-28-26-25(27(31)33)22-4-2-3-5-23(22)35-26/h6-14,17H,2-5,15-16H2,1H3,(H,30,32). The number of amides is 1. The second kappa shape index (κ2) is 10.2. The molecule has 1 N–H and O–H groups in total. The van der Waals surface area contributed by atoms with Crippen molar-refractivity contribution in [2.45, 2.75) is 45.8 Å². The highest BCUT2D eigenvalue weighted by Gasteiger charge is 2.20. The molecule has 1 aliphatic carbocycles. The van der Waals surface area contributed by atoms with E-state index in [-0.39, 0.29) is 18.0 Å².